The molecule has 0 aromatic carbocycles. The second kappa shape index (κ2) is 47.8. The fourth-order valence-electron chi connectivity index (χ4n) is 7.31. The van der Waals surface area contributed by atoms with Crippen molar-refractivity contribution in [3.8, 4) is 0 Å². The van der Waals surface area contributed by atoms with Crippen LogP contribution in [-0.4, -0.2) is 69.4 Å². The molecule has 0 fully saturated rings. The van der Waals surface area contributed by atoms with Gasteiger partial charge in [0.1, 0.15) is 19.3 Å². The van der Waals surface area contributed by atoms with Gasteiger partial charge in [-0.2, -0.15) is 0 Å². The van der Waals surface area contributed by atoms with E-state index in [0.29, 0.717) is 23.9 Å². The number of phosphoric ester groups is 1. The molecular weight excluding hydrogens is 868 g/mol. The van der Waals surface area contributed by atoms with Gasteiger partial charge >= 0.3 is 5.97 Å². The van der Waals surface area contributed by atoms with Crippen molar-refractivity contribution in [1.29, 1.82) is 0 Å². The van der Waals surface area contributed by atoms with Crippen LogP contribution in [0.2, 0.25) is 0 Å². The molecule has 0 saturated carbocycles. The number of nitrogens with one attached hydrogen (secondary N) is 1. The number of carbonyl (C=O) groups excluding carboxylic acids is 2. The lowest BCUT2D eigenvalue weighted by atomic mass is 10.1. The Morgan fingerprint density at radius 3 is 1.44 bits per heavy atom. The maximum atomic E-state index is 13.4. The van der Waals surface area contributed by atoms with Crippen molar-refractivity contribution < 1.29 is 37.3 Å². The zero-order valence-electron chi connectivity index (χ0n) is 44.5. The fraction of sp³-hybridized carbons (Fsp3) is 0.724. The first-order valence-electron chi connectivity index (χ1n) is 27.4. The highest BCUT2D eigenvalue weighted by atomic mass is 31.2. The molecule has 1 N–H and O–H groups in total. The van der Waals surface area contributed by atoms with E-state index in [0.717, 1.165) is 103 Å². The van der Waals surface area contributed by atoms with E-state index in [1.165, 1.54) is 70.6 Å². The average molecular weight is 971 g/mol. The summed E-state index contributed by atoms with van der Waals surface area (Å²) in [4.78, 5) is 39.7. The molecule has 9 nitrogen and oxygen atoms in total. The topological polar surface area (TPSA) is 114 Å². The summed E-state index contributed by atoms with van der Waals surface area (Å²) < 4.78 is 30.1. The average Bonchev–Trinajstić information content (AvgIpc) is 3.29. The van der Waals surface area contributed by atoms with Gasteiger partial charge in [0.25, 0.3) is 7.82 Å². The Kier molecular flexibility index (Phi) is 45.9. The third-order valence-electron chi connectivity index (χ3n) is 11.6. The highest BCUT2D eigenvalue weighted by Gasteiger charge is 2.27. The highest BCUT2D eigenvalue weighted by molar-refractivity contribution is 7.45. The summed E-state index contributed by atoms with van der Waals surface area (Å²) in [6.07, 6.45) is 61.2. The van der Waals surface area contributed by atoms with Crippen LogP contribution in [0, 0.1) is 0 Å². The first-order valence-corrected chi connectivity index (χ1v) is 28.9. The molecule has 0 spiro atoms. The minimum Gasteiger partial charge on any atom is -0.756 e. The Morgan fingerprint density at radius 2 is 0.941 bits per heavy atom. The van der Waals surface area contributed by atoms with Crippen LogP contribution >= 0.6 is 7.82 Å². The molecule has 3 unspecified atom stereocenters. The van der Waals surface area contributed by atoms with Gasteiger partial charge in [-0.3, -0.25) is 14.2 Å². The number of unbranched alkanes of at least 4 members (excludes halogenated alkanes) is 20. The van der Waals surface area contributed by atoms with Crippen LogP contribution in [0.1, 0.15) is 220 Å². The number of ether oxygens (including phenoxy) is 1. The second-order valence-electron chi connectivity index (χ2n) is 19.3. The van der Waals surface area contributed by atoms with Gasteiger partial charge in [-0.15, -0.1) is 0 Å². The molecule has 10 heteroatoms. The number of carbonyl (C=O) groups is 2. The van der Waals surface area contributed by atoms with E-state index in [1.54, 1.807) is 0 Å². The predicted octanol–water partition coefficient (Wildman–Crippen LogP) is 15.6. The summed E-state index contributed by atoms with van der Waals surface area (Å²) >= 11 is 0. The lowest BCUT2D eigenvalue weighted by Crippen LogP contribution is -2.47. The third kappa shape index (κ3) is 48.2. The minimum absolute atomic E-state index is 0.0346. The number of likely N-dealkylation sites (N-methyl/N-ethyl adjacent to an activating group) is 1. The summed E-state index contributed by atoms with van der Waals surface area (Å²) in [5, 5.41) is 2.99. The van der Waals surface area contributed by atoms with Gasteiger partial charge in [-0.1, -0.05) is 190 Å². The summed E-state index contributed by atoms with van der Waals surface area (Å²) in [5.41, 5.74) is 0. The van der Waals surface area contributed by atoms with Crippen LogP contribution in [0.5, 0.6) is 0 Å². The molecule has 0 saturated heterocycles. The summed E-state index contributed by atoms with van der Waals surface area (Å²) in [7, 11) is 1.14. The third-order valence-corrected chi connectivity index (χ3v) is 12.5. The lowest BCUT2D eigenvalue weighted by molar-refractivity contribution is -0.870. The Balaban J connectivity index is 5.44. The molecular formula is C58H103N2O7P. The molecule has 0 bridgehead atoms. The molecule has 0 rings (SSSR count). The van der Waals surface area contributed by atoms with Gasteiger partial charge in [0.05, 0.1) is 33.8 Å². The lowest BCUT2D eigenvalue weighted by Gasteiger charge is -2.30. The molecule has 392 valence electrons. The van der Waals surface area contributed by atoms with Crippen LogP contribution in [-0.2, 0) is 27.9 Å². The number of phosphoric acid groups is 1. The van der Waals surface area contributed by atoms with E-state index in [1.807, 2.05) is 33.3 Å². The molecule has 3 atom stereocenters. The van der Waals surface area contributed by atoms with Crippen LogP contribution < -0.4 is 10.2 Å². The normalized spacial score (nSPS) is 14.5. The molecule has 0 radical (unpaired) electrons. The van der Waals surface area contributed by atoms with Crippen molar-refractivity contribution in [2.75, 3.05) is 40.9 Å². The molecule has 0 heterocycles. The zero-order chi connectivity index (χ0) is 50.1. The Hall–Kier alpha value is -2.81. The van der Waals surface area contributed by atoms with Crippen molar-refractivity contribution in [1.82, 2.24) is 5.32 Å². The first kappa shape index (κ1) is 65.2. The van der Waals surface area contributed by atoms with Gasteiger partial charge < -0.3 is 28.5 Å². The number of rotatable bonds is 48. The Labute approximate surface area is 418 Å². The number of hydrogen-bond donors (Lipinski definition) is 1. The SMILES string of the molecule is CC/C=C/C/C=C/C/C=C/CCCCCCC(=O)OC(/C=C/CCCCCCCCCCC)C(COP(=O)([O-])OCC[N+](C)(C)C)NC(=O)CCCCCC/C=C\C/C=C\C/C=C\CCCCC. The van der Waals surface area contributed by atoms with Crippen molar-refractivity contribution in [3.63, 3.8) is 0 Å². The maximum Gasteiger partial charge on any atom is 0.306 e. The van der Waals surface area contributed by atoms with Gasteiger partial charge in [0, 0.05) is 12.8 Å². The Bertz CT molecular complexity index is 1440. The largest absolute Gasteiger partial charge is 0.756 e. The second-order valence-corrected chi connectivity index (χ2v) is 20.8. The Morgan fingerprint density at radius 1 is 0.529 bits per heavy atom. The summed E-state index contributed by atoms with van der Waals surface area (Å²) in [6.45, 7) is 6.64. The fourth-order valence-corrected chi connectivity index (χ4v) is 8.03. The van der Waals surface area contributed by atoms with Crippen molar-refractivity contribution in [3.05, 3.63) is 85.1 Å². The van der Waals surface area contributed by atoms with Crippen LogP contribution in [0.15, 0.2) is 85.1 Å². The van der Waals surface area contributed by atoms with E-state index in [-0.39, 0.29) is 31.3 Å². The molecule has 0 aliphatic rings. The predicted molar refractivity (Wildman–Crippen MR) is 288 cm³/mol. The number of quaternary nitrogens is 1. The van der Waals surface area contributed by atoms with E-state index >= 15 is 0 Å². The molecule has 0 aromatic heterocycles. The van der Waals surface area contributed by atoms with Gasteiger partial charge in [-0.05, 0) is 102 Å². The van der Waals surface area contributed by atoms with Crippen molar-refractivity contribution in [2.45, 2.75) is 232 Å². The first-order chi connectivity index (χ1) is 32.9. The monoisotopic (exact) mass is 971 g/mol. The summed E-state index contributed by atoms with van der Waals surface area (Å²) in [5.74, 6) is -0.599. The molecule has 68 heavy (non-hydrogen) atoms. The molecule has 0 aromatic rings. The highest BCUT2D eigenvalue weighted by Crippen LogP contribution is 2.38. The quantitative estimate of drug-likeness (QED) is 0.0212. The van der Waals surface area contributed by atoms with Gasteiger partial charge in [-0.25, -0.2) is 0 Å². The maximum absolute atomic E-state index is 13.4. The minimum atomic E-state index is -4.71. The van der Waals surface area contributed by atoms with E-state index < -0.39 is 26.6 Å². The standard InChI is InChI=1S/C58H103N2O7P/c1-7-10-13-16-19-22-25-27-29-30-31-32-35-38-41-44-47-50-57(61)59-55(54-66-68(63,64)65-53-52-60(4,5)6)56(49-46-43-40-37-34-24-21-18-15-12-9-3)67-58(62)51-48-45-42-39-36-33-28-26-23-20-17-14-11-8-2/h11,14,19-20,22-23,27-29,31-33,46,49,55-56H,7-10,12-13,15-18,21,24-26,30,34-45,47-48,50-54H2,1-6H3,(H-,59,61,63,64)/b14-11+,22-19-,23-20+,29-27-,32-31-,33-28+,49-46+. The number of esters is 1. The number of hydrogen-bond acceptors (Lipinski definition) is 7. The number of nitrogens with zero attached hydrogens (tertiary/aromatic N) is 1. The van der Waals surface area contributed by atoms with Crippen LogP contribution in [0.25, 0.3) is 0 Å². The number of amides is 1. The molecule has 1 amide bonds. The molecule has 0 aliphatic carbocycles. The molecule has 0 aliphatic heterocycles. The van der Waals surface area contributed by atoms with Crippen molar-refractivity contribution >= 4 is 19.7 Å². The van der Waals surface area contributed by atoms with Gasteiger partial charge in [0.2, 0.25) is 5.91 Å². The smallest absolute Gasteiger partial charge is 0.306 e. The van der Waals surface area contributed by atoms with Crippen LogP contribution in [0.3, 0.4) is 0 Å². The van der Waals surface area contributed by atoms with E-state index in [2.05, 4.69) is 99.0 Å². The van der Waals surface area contributed by atoms with Crippen LogP contribution in [0.4, 0.5) is 0 Å². The zero-order valence-corrected chi connectivity index (χ0v) is 45.4. The summed E-state index contributed by atoms with van der Waals surface area (Å²) in [6, 6.07) is -0.912. The van der Waals surface area contributed by atoms with E-state index in [4.69, 9.17) is 13.8 Å². The van der Waals surface area contributed by atoms with Gasteiger partial charge in [0.15, 0.2) is 0 Å². The number of allylic oxidation sites excluding steroid dienone is 13. The van der Waals surface area contributed by atoms with E-state index in [9.17, 15) is 19.0 Å². The van der Waals surface area contributed by atoms with Crippen molar-refractivity contribution in [2.24, 2.45) is 0 Å².